The van der Waals surface area contributed by atoms with Crippen molar-refractivity contribution in [1.29, 1.82) is 0 Å². The first-order valence-corrected chi connectivity index (χ1v) is 22.1. The van der Waals surface area contributed by atoms with Crippen molar-refractivity contribution < 1.29 is 0 Å². The summed E-state index contributed by atoms with van der Waals surface area (Å²) in [5, 5.41) is 5.18. The van der Waals surface area contributed by atoms with Crippen molar-refractivity contribution in [2.45, 2.75) is 67.2 Å². The summed E-state index contributed by atoms with van der Waals surface area (Å²) in [6.07, 6.45) is 15.9. The minimum absolute atomic E-state index is 1.19. The fourth-order valence-corrected chi connectivity index (χ4v) is 7.24. The van der Waals surface area contributed by atoms with Crippen molar-refractivity contribution in [1.82, 2.24) is 0 Å². The summed E-state index contributed by atoms with van der Waals surface area (Å²) >= 11 is 0. The minimum Gasteiger partial charge on any atom is -0.0842 e. The number of hydrogen-bond acceptors (Lipinski definition) is 0. The van der Waals surface area contributed by atoms with E-state index in [4.69, 9.17) is 0 Å². The average Bonchev–Trinajstić information content (AvgIpc) is 3.31. The average molecular weight is 807 g/mol. The molecular formula is C62H62. The van der Waals surface area contributed by atoms with Gasteiger partial charge in [-0.25, -0.2) is 0 Å². The smallest absolute Gasteiger partial charge is 0.0178 e. The molecular weight excluding hydrogens is 745 g/mol. The Hall–Kier alpha value is -6.76. The lowest BCUT2D eigenvalue weighted by atomic mass is 9.93. The van der Waals surface area contributed by atoms with Crippen LogP contribution < -0.4 is 0 Å². The maximum absolute atomic E-state index is 2.25. The Balaban J connectivity index is 0.000000135. The topological polar surface area (TPSA) is 0 Å². The molecule has 8 aromatic carbocycles. The van der Waals surface area contributed by atoms with Gasteiger partial charge >= 0.3 is 0 Å². The minimum atomic E-state index is 1.19. The van der Waals surface area contributed by atoms with E-state index in [1.807, 2.05) is 18.2 Å². The van der Waals surface area contributed by atoms with Crippen molar-refractivity contribution in [3.05, 3.63) is 257 Å². The van der Waals surface area contributed by atoms with Gasteiger partial charge in [0.05, 0.1) is 0 Å². The molecule has 0 heterocycles. The quantitative estimate of drug-likeness (QED) is 0.167. The molecule has 0 saturated heterocycles. The summed E-state index contributed by atoms with van der Waals surface area (Å²) in [5.41, 5.74) is 16.2. The summed E-state index contributed by atoms with van der Waals surface area (Å²) in [6.45, 7) is 12.8. The molecule has 0 saturated carbocycles. The van der Waals surface area contributed by atoms with Crippen LogP contribution in [0.3, 0.4) is 0 Å². The second-order valence-corrected chi connectivity index (χ2v) is 16.6. The highest BCUT2D eigenvalue weighted by Gasteiger charge is 2.05. The lowest BCUT2D eigenvalue weighted by Crippen LogP contribution is -1.91. The van der Waals surface area contributed by atoms with Crippen molar-refractivity contribution in [2.24, 2.45) is 0 Å². The van der Waals surface area contributed by atoms with Crippen LogP contribution in [0.15, 0.2) is 230 Å². The Morgan fingerprint density at radius 2 is 0.694 bits per heavy atom. The summed E-state index contributed by atoms with van der Waals surface area (Å²) in [7, 11) is 0. The van der Waals surface area contributed by atoms with E-state index in [2.05, 4.69) is 242 Å². The Bertz CT molecular complexity index is 2620. The van der Waals surface area contributed by atoms with Gasteiger partial charge in [0, 0.05) is 0 Å². The normalized spacial score (nSPS) is 12.6. The molecule has 0 aliphatic heterocycles. The molecule has 0 bridgehead atoms. The fraction of sp³-hybridized carbons (Fsp3) is 0.161. The molecule has 62 heavy (non-hydrogen) atoms. The molecule has 0 spiro atoms. The van der Waals surface area contributed by atoms with Crippen LogP contribution in [0.25, 0.3) is 49.4 Å². The van der Waals surface area contributed by atoms with Crippen LogP contribution in [0.1, 0.15) is 67.3 Å². The number of hydrogen-bond donors (Lipinski definition) is 0. The monoisotopic (exact) mass is 806 g/mol. The molecule has 0 aromatic heterocycles. The van der Waals surface area contributed by atoms with Crippen LogP contribution in [-0.4, -0.2) is 0 Å². The molecule has 2 aliphatic rings. The molecule has 0 heteroatoms. The molecule has 310 valence electrons. The first-order chi connectivity index (χ1) is 30.2. The van der Waals surface area contributed by atoms with Gasteiger partial charge in [0.1, 0.15) is 0 Å². The van der Waals surface area contributed by atoms with Gasteiger partial charge in [0.2, 0.25) is 0 Å². The van der Waals surface area contributed by atoms with Crippen LogP contribution >= 0.6 is 0 Å². The molecule has 0 unspecified atom stereocenters. The Labute approximate surface area is 372 Å². The highest BCUT2D eigenvalue weighted by molar-refractivity contribution is 5.88. The van der Waals surface area contributed by atoms with E-state index in [1.165, 1.54) is 114 Å². The maximum Gasteiger partial charge on any atom is -0.0178 e. The second kappa shape index (κ2) is 23.3. The van der Waals surface area contributed by atoms with E-state index in [0.717, 1.165) is 0 Å². The standard InChI is InChI=1S/2C17H14.C14H16.C7H10.C7H8/c2*1-13-6-8-15(9-7-13)17-11-10-14-4-2-3-5-16(14)12-17;1-11-3-7-13(8-4-11)14-9-5-12(2)6-10-14;2*1-7-5-3-2-4-6-7/h2*2-12H,1H3;3-5,7-9H,6,10H2,1-2H3;2-3,5H,4,6H2,1H3;2-6H,1H3. The molecule has 0 N–H and O–H groups in total. The number of fused-ring (bicyclic) bond motifs is 2. The Kier molecular flexibility index (Phi) is 16.8. The first-order valence-electron chi connectivity index (χ1n) is 22.1. The lowest BCUT2D eigenvalue weighted by Gasteiger charge is -2.12. The van der Waals surface area contributed by atoms with Crippen molar-refractivity contribution in [3.63, 3.8) is 0 Å². The number of benzene rings is 8. The molecule has 0 fully saturated rings. The molecule has 0 amide bonds. The molecule has 8 aromatic rings. The molecule has 0 atom stereocenters. The largest absolute Gasteiger partial charge is 0.0842 e. The van der Waals surface area contributed by atoms with Gasteiger partial charge < -0.3 is 0 Å². The maximum atomic E-state index is 2.25. The molecule has 0 nitrogen and oxygen atoms in total. The van der Waals surface area contributed by atoms with Gasteiger partial charge in [0.15, 0.2) is 0 Å². The van der Waals surface area contributed by atoms with E-state index in [-0.39, 0.29) is 0 Å². The third-order valence-corrected chi connectivity index (χ3v) is 11.2. The van der Waals surface area contributed by atoms with Gasteiger partial charge in [-0.1, -0.05) is 240 Å². The van der Waals surface area contributed by atoms with Gasteiger partial charge in [-0.15, -0.1) is 0 Å². The molecule has 10 rings (SSSR count). The Morgan fingerprint density at radius 1 is 0.290 bits per heavy atom. The predicted octanol–water partition coefficient (Wildman–Crippen LogP) is 18.0. The van der Waals surface area contributed by atoms with Crippen LogP contribution in [0, 0.1) is 27.7 Å². The van der Waals surface area contributed by atoms with Gasteiger partial charge in [0.25, 0.3) is 0 Å². The SMILES string of the molecule is CC1=CC=C(c2ccc(C)cc2)CC1.CC1=CC=CCC1.Cc1ccc(-c2ccc3ccccc3c2)cc1.Cc1ccc(-c2ccc3ccccc3c2)cc1.Cc1ccccc1. The first kappa shape index (κ1) is 44.8. The summed E-state index contributed by atoms with van der Waals surface area (Å²) in [6, 6.07) is 66.6. The fourth-order valence-electron chi connectivity index (χ4n) is 7.24. The van der Waals surface area contributed by atoms with Crippen LogP contribution in [0.5, 0.6) is 0 Å². The highest BCUT2D eigenvalue weighted by Crippen LogP contribution is 2.28. The Morgan fingerprint density at radius 3 is 1.06 bits per heavy atom. The van der Waals surface area contributed by atoms with E-state index in [1.54, 1.807) is 0 Å². The van der Waals surface area contributed by atoms with Crippen LogP contribution in [-0.2, 0) is 0 Å². The van der Waals surface area contributed by atoms with Gasteiger partial charge in [-0.05, 0) is 134 Å². The molecule has 2 aliphatic carbocycles. The third kappa shape index (κ3) is 14.2. The third-order valence-electron chi connectivity index (χ3n) is 11.2. The van der Waals surface area contributed by atoms with Gasteiger partial charge in [-0.2, -0.15) is 0 Å². The van der Waals surface area contributed by atoms with E-state index in [9.17, 15) is 0 Å². The van der Waals surface area contributed by atoms with Gasteiger partial charge in [-0.3, -0.25) is 0 Å². The van der Waals surface area contributed by atoms with Crippen molar-refractivity contribution >= 4 is 27.1 Å². The zero-order valence-corrected chi connectivity index (χ0v) is 37.6. The van der Waals surface area contributed by atoms with Crippen LogP contribution in [0.2, 0.25) is 0 Å². The van der Waals surface area contributed by atoms with Crippen molar-refractivity contribution in [2.75, 3.05) is 0 Å². The van der Waals surface area contributed by atoms with E-state index < -0.39 is 0 Å². The molecule has 0 radical (unpaired) electrons. The highest BCUT2D eigenvalue weighted by atomic mass is 14.1. The summed E-state index contributed by atoms with van der Waals surface area (Å²) in [4.78, 5) is 0. The van der Waals surface area contributed by atoms with Crippen molar-refractivity contribution in [3.8, 4) is 22.3 Å². The zero-order chi connectivity index (χ0) is 43.5. The van der Waals surface area contributed by atoms with Crippen LogP contribution in [0.4, 0.5) is 0 Å². The number of aryl methyl sites for hydroxylation is 4. The number of allylic oxidation sites excluding steroid dienone is 8. The van der Waals surface area contributed by atoms with E-state index >= 15 is 0 Å². The summed E-state index contributed by atoms with van der Waals surface area (Å²) in [5.74, 6) is 0. The lowest BCUT2D eigenvalue weighted by molar-refractivity contribution is 0.962. The summed E-state index contributed by atoms with van der Waals surface area (Å²) < 4.78 is 0. The predicted molar refractivity (Wildman–Crippen MR) is 274 cm³/mol. The second-order valence-electron chi connectivity index (χ2n) is 16.6. The number of rotatable bonds is 3. The zero-order valence-electron chi connectivity index (χ0n) is 37.6. The van der Waals surface area contributed by atoms with E-state index in [0.29, 0.717) is 0 Å².